The Balaban J connectivity index is 1.62. The van der Waals surface area contributed by atoms with Crippen LogP contribution in [0.25, 0.3) is 16.3 Å². The Morgan fingerprint density at radius 3 is 2.95 bits per heavy atom. The number of carbonyl (C=O) groups excluding carboxylic acids is 1. The van der Waals surface area contributed by atoms with Crippen molar-refractivity contribution in [2.45, 2.75) is 6.54 Å². The second-order valence-corrected chi connectivity index (χ2v) is 6.24. The molecule has 0 saturated carbocycles. The van der Waals surface area contributed by atoms with Crippen molar-refractivity contribution in [2.24, 2.45) is 0 Å². The number of para-hydroxylation sites is 1. The van der Waals surface area contributed by atoms with Gasteiger partial charge in [-0.15, -0.1) is 22.7 Å². The molecule has 0 bridgehead atoms. The molecule has 3 rings (SSSR count). The number of thiophene rings is 1. The molecule has 1 N–H and O–H groups in total. The van der Waals surface area contributed by atoms with Crippen molar-refractivity contribution in [1.29, 1.82) is 0 Å². The first-order chi connectivity index (χ1) is 9.81. The number of nitrogens with one attached hydrogen (secondary N) is 1. The van der Waals surface area contributed by atoms with Crippen LogP contribution in [0.3, 0.4) is 0 Å². The van der Waals surface area contributed by atoms with Gasteiger partial charge in [0.25, 0.3) is 0 Å². The van der Waals surface area contributed by atoms with E-state index < -0.39 is 0 Å². The van der Waals surface area contributed by atoms with E-state index in [9.17, 15) is 4.79 Å². The van der Waals surface area contributed by atoms with Gasteiger partial charge < -0.3 is 5.32 Å². The molecular formula is C15H12N2OS2. The Morgan fingerprint density at radius 2 is 2.15 bits per heavy atom. The molecule has 2 aromatic heterocycles. The van der Waals surface area contributed by atoms with Gasteiger partial charge in [0.1, 0.15) is 5.01 Å². The van der Waals surface area contributed by atoms with Crippen LogP contribution < -0.4 is 5.32 Å². The monoisotopic (exact) mass is 300 g/mol. The van der Waals surface area contributed by atoms with Crippen LogP contribution in [-0.2, 0) is 11.3 Å². The van der Waals surface area contributed by atoms with Gasteiger partial charge >= 0.3 is 0 Å². The molecule has 1 aromatic carbocycles. The predicted octanol–water partition coefficient (Wildman–Crippen LogP) is 3.69. The smallest absolute Gasteiger partial charge is 0.244 e. The minimum absolute atomic E-state index is 0.0994. The number of hydrogen-bond acceptors (Lipinski definition) is 4. The van der Waals surface area contributed by atoms with Crippen molar-refractivity contribution < 1.29 is 4.79 Å². The number of thiazole rings is 1. The first kappa shape index (κ1) is 13.0. The van der Waals surface area contributed by atoms with Gasteiger partial charge in [-0.3, -0.25) is 4.79 Å². The van der Waals surface area contributed by atoms with Crippen LogP contribution in [0.2, 0.25) is 0 Å². The highest BCUT2D eigenvalue weighted by molar-refractivity contribution is 7.19. The van der Waals surface area contributed by atoms with E-state index in [0.29, 0.717) is 6.54 Å². The lowest BCUT2D eigenvalue weighted by Gasteiger charge is -1.97. The summed E-state index contributed by atoms with van der Waals surface area (Å²) in [5.41, 5.74) is 0.969. The van der Waals surface area contributed by atoms with Crippen LogP contribution in [0.5, 0.6) is 0 Å². The summed E-state index contributed by atoms with van der Waals surface area (Å²) in [6.07, 6.45) is 3.29. The van der Waals surface area contributed by atoms with Crippen LogP contribution in [0.4, 0.5) is 0 Å². The second-order valence-electron chi connectivity index (χ2n) is 4.15. The summed E-state index contributed by atoms with van der Waals surface area (Å²) in [4.78, 5) is 17.3. The van der Waals surface area contributed by atoms with Gasteiger partial charge in [-0.05, 0) is 29.7 Å². The fourth-order valence-corrected chi connectivity index (χ4v) is 3.27. The van der Waals surface area contributed by atoms with Crippen molar-refractivity contribution in [3.05, 3.63) is 57.7 Å². The molecular weight excluding hydrogens is 288 g/mol. The topological polar surface area (TPSA) is 42.0 Å². The van der Waals surface area contributed by atoms with E-state index in [1.165, 1.54) is 6.08 Å². The van der Waals surface area contributed by atoms with Crippen LogP contribution in [0.1, 0.15) is 9.88 Å². The minimum Gasteiger partial charge on any atom is -0.348 e. The quantitative estimate of drug-likeness (QED) is 0.747. The molecule has 100 valence electrons. The summed E-state index contributed by atoms with van der Waals surface area (Å²) >= 11 is 3.21. The molecule has 0 aliphatic rings. The zero-order chi connectivity index (χ0) is 13.8. The van der Waals surface area contributed by atoms with E-state index in [2.05, 4.69) is 10.3 Å². The highest BCUT2D eigenvalue weighted by atomic mass is 32.1. The zero-order valence-corrected chi connectivity index (χ0v) is 12.2. The Labute approximate surface area is 124 Å². The third-order valence-electron chi connectivity index (χ3n) is 2.70. The third-order valence-corrected chi connectivity index (χ3v) is 4.58. The average Bonchev–Trinajstić information content (AvgIpc) is 3.11. The van der Waals surface area contributed by atoms with E-state index in [-0.39, 0.29) is 5.91 Å². The van der Waals surface area contributed by atoms with Gasteiger partial charge in [0.2, 0.25) is 5.91 Å². The van der Waals surface area contributed by atoms with Crippen molar-refractivity contribution >= 4 is 44.9 Å². The molecule has 0 fully saturated rings. The van der Waals surface area contributed by atoms with Crippen LogP contribution in [0.15, 0.2) is 47.9 Å². The number of fused-ring (bicyclic) bond motifs is 1. The summed E-state index contributed by atoms with van der Waals surface area (Å²) in [6, 6.07) is 11.9. The highest BCUT2D eigenvalue weighted by Crippen LogP contribution is 2.22. The van der Waals surface area contributed by atoms with Gasteiger partial charge in [0.15, 0.2) is 0 Å². The fourth-order valence-electron chi connectivity index (χ4n) is 1.75. The Hall–Kier alpha value is -1.98. The fraction of sp³-hybridized carbons (Fsp3) is 0.0667. The van der Waals surface area contributed by atoms with Gasteiger partial charge in [0.05, 0.1) is 16.8 Å². The van der Waals surface area contributed by atoms with E-state index in [1.54, 1.807) is 28.7 Å². The van der Waals surface area contributed by atoms with Crippen molar-refractivity contribution in [1.82, 2.24) is 10.3 Å². The Morgan fingerprint density at radius 1 is 1.25 bits per heavy atom. The van der Waals surface area contributed by atoms with Crippen LogP contribution in [-0.4, -0.2) is 10.9 Å². The normalized spacial score (nSPS) is 11.2. The molecule has 0 aliphatic heterocycles. The number of amides is 1. The maximum absolute atomic E-state index is 11.7. The van der Waals surface area contributed by atoms with Gasteiger partial charge in [-0.2, -0.15) is 0 Å². The molecule has 0 atom stereocenters. The molecule has 3 aromatic rings. The van der Waals surface area contributed by atoms with Gasteiger partial charge in [-0.1, -0.05) is 18.2 Å². The van der Waals surface area contributed by atoms with Gasteiger partial charge in [0, 0.05) is 11.0 Å². The average molecular weight is 300 g/mol. The van der Waals surface area contributed by atoms with E-state index in [1.807, 2.05) is 41.8 Å². The molecule has 0 aliphatic carbocycles. The molecule has 0 saturated heterocycles. The molecule has 20 heavy (non-hydrogen) atoms. The standard InChI is InChI=1S/C15H12N2OS2/c18-14(16-10-11-4-3-9-19-11)7-8-15-17-12-5-1-2-6-13(12)20-15/h1-9H,10H2,(H,16,18). The van der Waals surface area contributed by atoms with Crippen molar-refractivity contribution in [3.63, 3.8) is 0 Å². The minimum atomic E-state index is -0.0994. The second kappa shape index (κ2) is 5.98. The molecule has 0 spiro atoms. The predicted molar refractivity (Wildman–Crippen MR) is 84.8 cm³/mol. The Kier molecular flexibility index (Phi) is 3.90. The lowest BCUT2D eigenvalue weighted by atomic mass is 10.3. The first-order valence-electron chi connectivity index (χ1n) is 6.15. The van der Waals surface area contributed by atoms with E-state index in [4.69, 9.17) is 0 Å². The summed E-state index contributed by atoms with van der Waals surface area (Å²) < 4.78 is 1.13. The molecule has 5 heteroatoms. The SMILES string of the molecule is O=C(C=Cc1nc2ccccc2s1)NCc1cccs1. The van der Waals surface area contributed by atoms with E-state index in [0.717, 1.165) is 20.1 Å². The molecule has 0 radical (unpaired) electrons. The summed E-state index contributed by atoms with van der Waals surface area (Å²) in [7, 11) is 0. The lowest BCUT2D eigenvalue weighted by molar-refractivity contribution is -0.116. The summed E-state index contributed by atoms with van der Waals surface area (Å²) in [5, 5.41) is 5.69. The first-order valence-corrected chi connectivity index (χ1v) is 7.85. The summed E-state index contributed by atoms with van der Waals surface area (Å²) in [6.45, 7) is 0.570. The largest absolute Gasteiger partial charge is 0.348 e. The number of nitrogens with zero attached hydrogens (tertiary/aromatic N) is 1. The lowest BCUT2D eigenvalue weighted by Crippen LogP contribution is -2.19. The summed E-state index contributed by atoms with van der Waals surface area (Å²) in [5.74, 6) is -0.0994. The van der Waals surface area contributed by atoms with E-state index >= 15 is 0 Å². The molecule has 0 unspecified atom stereocenters. The van der Waals surface area contributed by atoms with Crippen molar-refractivity contribution in [2.75, 3.05) is 0 Å². The molecule has 2 heterocycles. The maximum Gasteiger partial charge on any atom is 0.244 e. The molecule has 1 amide bonds. The highest BCUT2D eigenvalue weighted by Gasteiger charge is 2.01. The number of benzene rings is 1. The van der Waals surface area contributed by atoms with Crippen LogP contribution in [0, 0.1) is 0 Å². The number of rotatable bonds is 4. The number of aromatic nitrogens is 1. The third kappa shape index (κ3) is 3.12. The van der Waals surface area contributed by atoms with Gasteiger partial charge in [-0.25, -0.2) is 4.98 Å². The maximum atomic E-state index is 11.7. The molecule has 3 nitrogen and oxygen atoms in total. The zero-order valence-electron chi connectivity index (χ0n) is 10.6. The number of carbonyl (C=O) groups is 1. The Bertz CT molecular complexity index is 711. The number of hydrogen-bond donors (Lipinski definition) is 1. The van der Waals surface area contributed by atoms with Crippen LogP contribution >= 0.6 is 22.7 Å². The van der Waals surface area contributed by atoms with Crippen molar-refractivity contribution in [3.8, 4) is 0 Å².